The maximum atomic E-state index is 11.6. The molecule has 1 rings (SSSR count). The van der Waals surface area contributed by atoms with Crippen LogP contribution < -0.4 is 5.73 Å². The van der Waals surface area contributed by atoms with Gasteiger partial charge in [-0.1, -0.05) is 12.1 Å². The molecule has 1 aromatic rings. The maximum Gasteiger partial charge on any atom is 0.208 e. The van der Waals surface area contributed by atoms with E-state index in [4.69, 9.17) is 10.5 Å². The average Bonchev–Trinajstić information content (AvgIpc) is 2.67. The van der Waals surface area contributed by atoms with Crippen LogP contribution in [0.1, 0.15) is 23.8 Å². The van der Waals surface area contributed by atoms with E-state index in [1.54, 1.807) is 4.68 Å². The number of aromatic nitrogens is 3. The summed E-state index contributed by atoms with van der Waals surface area (Å²) in [6.45, 7) is 3.55. The van der Waals surface area contributed by atoms with Gasteiger partial charge in [0.1, 0.15) is 12.3 Å². The van der Waals surface area contributed by atoms with Crippen LogP contribution in [0.25, 0.3) is 0 Å². The summed E-state index contributed by atoms with van der Waals surface area (Å²) in [5.41, 5.74) is 5.74. The summed E-state index contributed by atoms with van der Waals surface area (Å²) in [6, 6.07) is 0. The van der Waals surface area contributed by atoms with Crippen LogP contribution in [0, 0.1) is 0 Å². The quantitative estimate of drug-likeness (QED) is 0.502. The molecule has 0 spiro atoms. The Bertz CT molecular complexity index is 311. The molecule has 0 radical (unpaired) electrons. The third-order valence-corrected chi connectivity index (χ3v) is 1.83. The van der Waals surface area contributed by atoms with E-state index >= 15 is 0 Å². The first kappa shape index (κ1) is 11.8. The molecular weight excluding hydrogens is 196 g/mol. The minimum atomic E-state index is -0.109. The highest BCUT2D eigenvalue weighted by atomic mass is 16.5. The number of Topliss-reactive ketones (excluding diaryl/α,β-unsaturated/α-hetero) is 1. The summed E-state index contributed by atoms with van der Waals surface area (Å²) in [7, 11) is 0. The Kier molecular flexibility index (Phi) is 4.92. The Labute approximate surface area is 88.4 Å². The molecule has 0 amide bonds. The van der Waals surface area contributed by atoms with Gasteiger partial charge in [0.25, 0.3) is 0 Å². The Morgan fingerprint density at radius 3 is 3.13 bits per heavy atom. The Morgan fingerprint density at radius 2 is 2.47 bits per heavy atom. The Hall–Kier alpha value is -1.27. The lowest BCUT2D eigenvalue weighted by Gasteiger charge is -2.03. The first-order valence-electron chi connectivity index (χ1n) is 4.99. The van der Waals surface area contributed by atoms with Gasteiger partial charge in [-0.3, -0.25) is 4.79 Å². The fraction of sp³-hybridized carbons (Fsp3) is 0.667. The van der Waals surface area contributed by atoms with Crippen molar-refractivity contribution in [2.24, 2.45) is 5.73 Å². The highest BCUT2D eigenvalue weighted by Crippen LogP contribution is 1.99. The zero-order valence-electron chi connectivity index (χ0n) is 8.85. The zero-order valence-corrected chi connectivity index (χ0v) is 8.85. The molecule has 0 aliphatic carbocycles. The van der Waals surface area contributed by atoms with Crippen LogP contribution in [0.15, 0.2) is 6.20 Å². The predicted octanol–water partition coefficient (Wildman–Crippen LogP) is -0.154. The monoisotopic (exact) mass is 212 g/mol. The summed E-state index contributed by atoms with van der Waals surface area (Å²) < 4.78 is 6.65. The molecule has 15 heavy (non-hydrogen) atoms. The van der Waals surface area contributed by atoms with Crippen molar-refractivity contribution >= 4 is 5.78 Å². The van der Waals surface area contributed by atoms with Gasteiger partial charge in [-0.2, -0.15) is 0 Å². The van der Waals surface area contributed by atoms with Crippen molar-refractivity contribution in [3.8, 4) is 0 Å². The normalized spacial score (nSPS) is 10.5. The van der Waals surface area contributed by atoms with Crippen LogP contribution in [-0.2, 0) is 11.3 Å². The fourth-order valence-corrected chi connectivity index (χ4v) is 1.17. The van der Waals surface area contributed by atoms with Crippen molar-refractivity contribution < 1.29 is 9.53 Å². The van der Waals surface area contributed by atoms with E-state index in [0.29, 0.717) is 25.4 Å². The largest absolute Gasteiger partial charge is 0.372 e. The van der Waals surface area contributed by atoms with Gasteiger partial charge < -0.3 is 10.5 Å². The molecule has 0 aliphatic heterocycles. The first-order valence-corrected chi connectivity index (χ1v) is 4.99. The fourth-order valence-electron chi connectivity index (χ4n) is 1.17. The highest BCUT2D eigenvalue weighted by Gasteiger charge is 2.12. The van der Waals surface area contributed by atoms with Gasteiger partial charge in [0.15, 0.2) is 0 Å². The standard InChI is InChI=1S/C9H16N4O2/c1-2-4-13-8(6-11-12-13)9(14)7-15-5-3-10/h6H,2-5,7,10H2,1H3. The number of hydrogen-bond acceptors (Lipinski definition) is 5. The summed E-state index contributed by atoms with van der Waals surface area (Å²) in [5.74, 6) is -0.109. The van der Waals surface area contributed by atoms with Crippen molar-refractivity contribution in [1.29, 1.82) is 0 Å². The third-order valence-electron chi connectivity index (χ3n) is 1.83. The predicted molar refractivity (Wildman–Crippen MR) is 54.5 cm³/mol. The van der Waals surface area contributed by atoms with E-state index in [2.05, 4.69) is 10.3 Å². The molecule has 0 unspecified atom stereocenters. The number of ether oxygens (including phenoxy) is 1. The second-order valence-electron chi connectivity index (χ2n) is 3.11. The first-order chi connectivity index (χ1) is 7.29. The van der Waals surface area contributed by atoms with Crippen molar-refractivity contribution in [2.75, 3.05) is 19.8 Å². The van der Waals surface area contributed by atoms with Crippen LogP contribution in [0.4, 0.5) is 0 Å². The Balaban J connectivity index is 2.53. The molecule has 6 nitrogen and oxygen atoms in total. The van der Waals surface area contributed by atoms with Crippen molar-refractivity contribution in [3.05, 3.63) is 11.9 Å². The topological polar surface area (TPSA) is 83.0 Å². The minimum Gasteiger partial charge on any atom is -0.372 e. The summed E-state index contributed by atoms with van der Waals surface area (Å²) in [5, 5.41) is 7.52. The van der Waals surface area contributed by atoms with Gasteiger partial charge >= 0.3 is 0 Å². The zero-order chi connectivity index (χ0) is 11.1. The number of hydrogen-bond donors (Lipinski definition) is 1. The second-order valence-corrected chi connectivity index (χ2v) is 3.11. The number of ketones is 1. The van der Waals surface area contributed by atoms with E-state index in [1.165, 1.54) is 6.20 Å². The van der Waals surface area contributed by atoms with Crippen LogP contribution >= 0.6 is 0 Å². The smallest absolute Gasteiger partial charge is 0.208 e. The lowest BCUT2D eigenvalue weighted by atomic mass is 10.3. The summed E-state index contributed by atoms with van der Waals surface area (Å²) in [6.07, 6.45) is 2.37. The minimum absolute atomic E-state index is 0.0360. The SMILES string of the molecule is CCCn1nncc1C(=O)COCCN. The van der Waals surface area contributed by atoms with Crippen LogP contribution in [0.3, 0.4) is 0 Å². The van der Waals surface area contributed by atoms with E-state index in [1.807, 2.05) is 6.92 Å². The van der Waals surface area contributed by atoms with E-state index < -0.39 is 0 Å². The van der Waals surface area contributed by atoms with E-state index in [-0.39, 0.29) is 12.4 Å². The summed E-state index contributed by atoms with van der Waals surface area (Å²) >= 11 is 0. The number of rotatable bonds is 7. The number of carbonyl (C=O) groups excluding carboxylic acids is 1. The molecule has 0 aliphatic rings. The van der Waals surface area contributed by atoms with E-state index in [0.717, 1.165) is 6.42 Å². The van der Waals surface area contributed by atoms with Gasteiger partial charge in [-0.25, -0.2) is 4.68 Å². The molecule has 0 fully saturated rings. The lowest BCUT2D eigenvalue weighted by Crippen LogP contribution is -2.18. The van der Waals surface area contributed by atoms with Gasteiger partial charge in [-0.15, -0.1) is 5.10 Å². The van der Waals surface area contributed by atoms with Gasteiger partial charge in [0, 0.05) is 13.1 Å². The molecule has 2 N–H and O–H groups in total. The maximum absolute atomic E-state index is 11.6. The number of nitrogens with zero attached hydrogens (tertiary/aromatic N) is 3. The van der Waals surface area contributed by atoms with Gasteiger partial charge in [0.05, 0.1) is 12.8 Å². The molecule has 0 saturated carbocycles. The number of carbonyl (C=O) groups is 1. The lowest BCUT2D eigenvalue weighted by molar-refractivity contribution is 0.0763. The molecule has 0 saturated heterocycles. The molecule has 84 valence electrons. The third kappa shape index (κ3) is 3.41. The molecule has 1 aromatic heterocycles. The molecule has 0 bridgehead atoms. The van der Waals surface area contributed by atoms with Crippen LogP contribution in [0.5, 0.6) is 0 Å². The molecule has 6 heteroatoms. The van der Waals surface area contributed by atoms with E-state index in [9.17, 15) is 4.79 Å². The number of nitrogens with two attached hydrogens (primary N) is 1. The van der Waals surface area contributed by atoms with Crippen molar-refractivity contribution in [3.63, 3.8) is 0 Å². The molecular formula is C9H16N4O2. The molecule has 0 aromatic carbocycles. The van der Waals surface area contributed by atoms with Crippen molar-refractivity contribution in [1.82, 2.24) is 15.0 Å². The van der Waals surface area contributed by atoms with Crippen LogP contribution in [-0.4, -0.2) is 40.5 Å². The van der Waals surface area contributed by atoms with Crippen LogP contribution in [0.2, 0.25) is 0 Å². The molecule has 0 atom stereocenters. The Morgan fingerprint density at radius 1 is 1.67 bits per heavy atom. The number of aryl methyl sites for hydroxylation is 1. The van der Waals surface area contributed by atoms with Crippen molar-refractivity contribution in [2.45, 2.75) is 19.9 Å². The van der Waals surface area contributed by atoms with Gasteiger partial charge in [-0.05, 0) is 6.42 Å². The molecule has 1 heterocycles. The second kappa shape index (κ2) is 6.26. The highest BCUT2D eigenvalue weighted by molar-refractivity contribution is 5.95. The van der Waals surface area contributed by atoms with Gasteiger partial charge in [0.2, 0.25) is 5.78 Å². The average molecular weight is 212 g/mol. The summed E-state index contributed by atoms with van der Waals surface area (Å²) in [4.78, 5) is 11.6.